The predicted octanol–water partition coefficient (Wildman–Crippen LogP) is 1.14. The molecular formula is C19H30N4O4S. The van der Waals surface area contributed by atoms with Gasteiger partial charge in [-0.2, -0.15) is 4.31 Å². The predicted molar refractivity (Wildman–Crippen MR) is 109 cm³/mol. The van der Waals surface area contributed by atoms with Crippen molar-refractivity contribution in [2.75, 3.05) is 51.7 Å². The van der Waals surface area contributed by atoms with Crippen molar-refractivity contribution in [2.24, 2.45) is 0 Å². The lowest BCUT2D eigenvalue weighted by Crippen LogP contribution is -2.37. The van der Waals surface area contributed by atoms with Gasteiger partial charge in [0.15, 0.2) is 0 Å². The monoisotopic (exact) mass is 410 g/mol. The number of likely N-dealkylation sites (N-methyl/N-ethyl adjacent to an activating group) is 1. The SMILES string of the molecule is CCN(CC)S(=O)(=O)c1ccc(N2CCCC2)c(C(=O)NCC(=O)N(C)C)c1. The minimum atomic E-state index is -3.68. The highest BCUT2D eigenvalue weighted by molar-refractivity contribution is 7.89. The van der Waals surface area contributed by atoms with Crippen LogP contribution >= 0.6 is 0 Å². The van der Waals surface area contributed by atoms with Gasteiger partial charge in [-0.05, 0) is 31.0 Å². The van der Waals surface area contributed by atoms with Gasteiger partial charge < -0.3 is 15.1 Å². The molecule has 0 spiro atoms. The van der Waals surface area contributed by atoms with Crippen LogP contribution < -0.4 is 10.2 Å². The highest BCUT2D eigenvalue weighted by atomic mass is 32.2. The molecule has 0 radical (unpaired) electrons. The molecule has 0 aliphatic carbocycles. The molecule has 8 nitrogen and oxygen atoms in total. The molecule has 1 fully saturated rings. The van der Waals surface area contributed by atoms with E-state index in [9.17, 15) is 18.0 Å². The molecule has 1 heterocycles. The Morgan fingerprint density at radius 1 is 1.11 bits per heavy atom. The number of rotatable bonds is 8. The molecule has 0 saturated carbocycles. The number of hydrogen-bond acceptors (Lipinski definition) is 5. The number of nitrogens with one attached hydrogen (secondary N) is 1. The molecule has 1 aromatic carbocycles. The third-order valence-electron chi connectivity index (χ3n) is 4.90. The Kier molecular flexibility index (Phi) is 7.42. The Balaban J connectivity index is 2.41. The number of nitrogens with zero attached hydrogens (tertiary/aromatic N) is 3. The standard InChI is InChI=1S/C19H30N4O4S/c1-5-23(6-2)28(26,27)15-9-10-17(22-11-7-8-12-22)16(13-15)19(25)20-14-18(24)21(3)4/h9-10,13H,5-8,11-12,14H2,1-4H3,(H,20,25). The maximum Gasteiger partial charge on any atom is 0.253 e. The fourth-order valence-electron chi connectivity index (χ4n) is 3.21. The third-order valence-corrected chi connectivity index (χ3v) is 6.95. The van der Waals surface area contributed by atoms with Crippen LogP contribution in [0.5, 0.6) is 0 Å². The molecule has 28 heavy (non-hydrogen) atoms. The lowest BCUT2D eigenvalue weighted by Gasteiger charge is -2.23. The van der Waals surface area contributed by atoms with Crippen molar-refractivity contribution in [3.8, 4) is 0 Å². The summed E-state index contributed by atoms with van der Waals surface area (Å²) in [4.78, 5) is 28.2. The van der Waals surface area contributed by atoms with E-state index in [1.807, 2.05) is 0 Å². The van der Waals surface area contributed by atoms with Gasteiger partial charge in [-0.15, -0.1) is 0 Å². The zero-order valence-electron chi connectivity index (χ0n) is 17.1. The number of anilines is 1. The lowest BCUT2D eigenvalue weighted by atomic mass is 10.1. The molecule has 0 atom stereocenters. The molecule has 1 saturated heterocycles. The van der Waals surface area contributed by atoms with E-state index in [0.29, 0.717) is 18.8 Å². The largest absolute Gasteiger partial charge is 0.371 e. The number of carbonyl (C=O) groups excluding carboxylic acids is 2. The first-order valence-electron chi connectivity index (χ1n) is 9.59. The Hall–Kier alpha value is -2.13. The molecule has 0 aromatic heterocycles. The molecule has 1 aromatic rings. The summed E-state index contributed by atoms with van der Waals surface area (Å²) in [5.41, 5.74) is 0.979. The summed E-state index contributed by atoms with van der Waals surface area (Å²) in [5.74, 6) is -0.684. The minimum absolute atomic E-state index is 0.0863. The Morgan fingerprint density at radius 2 is 1.71 bits per heavy atom. The van der Waals surface area contributed by atoms with Crippen molar-refractivity contribution < 1.29 is 18.0 Å². The molecule has 1 aliphatic heterocycles. The summed E-state index contributed by atoms with van der Waals surface area (Å²) < 4.78 is 27.1. The normalized spacial score (nSPS) is 14.4. The first-order valence-corrected chi connectivity index (χ1v) is 11.0. The van der Waals surface area contributed by atoms with Gasteiger partial charge >= 0.3 is 0 Å². The molecule has 156 valence electrons. The number of hydrogen-bond donors (Lipinski definition) is 1. The topological polar surface area (TPSA) is 90.0 Å². The summed E-state index contributed by atoms with van der Waals surface area (Å²) in [6.07, 6.45) is 2.05. The van der Waals surface area contributed by atoms with E-state index in [2.05, 4.69) is 10.2 Å². The summed E-state index contributed by atoms with van der Waals surface area (Å²) in [5, 5.41) is 2.61. The average molecular weight is 411 g/mol. The maximum absolute atomic E-state index is 12.9. The van der Waals surface area contributed by atoms with Crippen molar-refractivity contribution in [2.45, 2.75) is 31.6 Å². The Labute approximate surface area is 167 Å². The van der Waals surface area contributed by atoms with Crippen LogP contribution in [-0.4, -0.2) is 76.3 Å². The highest BCUT2D eigenvalue weighted by Gasteiger charge is 2.26. The van der Waals surface area contributed by atoms with Crippen LogP contribution in [-0.2, 0) is 14.8 Å². The van der Waals surface area contributed by atoms with Crippen molar-refractivity contribution in [1.29, 1.82) is 0 Å². The van der Waals surface area contributed by atoms with Crippen molar-refractivity contribution in [3.63, 3.8) is 0 Å². The van der Waals surface area contributed by atoms with E-state index < -0.39 is 15.9 Å². The van der Waals surface area contributed by atoms with E-state index in [0.717, 1.165) is 25.9 Å². The molecule has 1 N–H and O–H groups in total. The van der Waals surface area contributed by atoms with Gasteiger partial charge in [-0.1, -0.05) is 13.8 Å². The fraction of sp³-hybridized carbons (Fsp3) is 0.579. The molecule has 2 amide bonds. The summed E-state index contributed by atoms with van der Waals surface area (Å²) in [6, 6.07) is 4.68. The van der Waals surface area contributed by atoms with Gasteiger partial charge in [0, 0.05) is 46.0 Å². The molecule has 9 heteroatoms. The van der Waals surface area contributed by atoms with Gasteiger partial charge in [-0.3, -0.25) is 9.59 Å². The minimum Gasteiger partial charge on any atom is -0.371 e. The quantitative estimate of drug-likeness (QED) is 0.694. The van der Waals surface area contributed by atoms with Crippen molar-refractivity contribution in [3.05, 3.63) is 23.8 Å². The zero-order chi connectivity index (χ0) is 20.9. The van der Waals surface area contributed by atoms with Crippen LogP contribution in [0.25, 0.3) is 0 Å². The van der Waals surface area contributed by atoms with Gasteiger partial charge in [0.2, 0.25) is 15.9 Å². The van der Waals surface area contributed by atoms with Crippen LogP contribution in [0.15, 0.2) is 23.1 Å². The Morgan fingerprint density at radius 3 is 2.25 bits per heavy atom. The van der Waals surface area contributed by atoms with Gasteiger partial charge in [0.05, 0.1) is 17.0 Å². The molecule has 0 bridgehead atoms. The van der Waals surface area contributed by atoms with E-state index in [4.69, 9.17) is 0 Å². The smallest absolute Gasteiger partial charge is 0.253 e. The van der Waals surface area contributed by atoms with Gasteiger partial charge in [0.1, 0.15) is 0 Å². The summed E-state index contributed by atoms with van der Waals surface area (Å²) in [7, 11) is -0.458. The number of carbonyl (C=O) groups is 2. The lowest BCUT2D eigenvalue weighted by molar-refractivity contribution is -0.127. The fourth-order valence-corrected chi connectivity index (χ4v) is 4.70. The Bertz CT molecular complexity index is 813. The van der Waals surface area contributed by atoms with E-state index in [-0.39, 0.29) is 22.9 Å². The van der Waals surface area contributed by atoms with Crippen LogP contribution in [0, 0.1) is 0 Å². The second kappa shape index (κ2) is 9.38. The first-order chi connectivity index (χ1) is 13.2. The zero-order valence-corrected chi connectivity index (χ0v) is 17.9. The van der Waals surface area contributed by atoms with E-state index in [1.165, 1.54) is 15.3 Å². The van der Waals surface area contributed by atoms with Crippen LogP contribution in [0.4, 0.5) is 5.69 Å². The van der Waals surface area contributed by atoms with Crippen LogP contribution in [0.2, 0.25) is 0 Å². The second-order valence-corrected chi connectivity index (χ2v) is 8.87. The highest BCUT2D eigenvalue weighted by Crippen LogP contribution is 2.28. The molecular weight excluding hydrogens is 380 g/mol. The van der Waals surface area contributed by atoms with Crippen molar-refractivity contribution >= 4 is 27.5 Å². The number of sulfonamides is 1. The summed E-state index contributed by atoms with van der Waals surface area (Å²) in [6.45, 7) is 5.76. The maximum atomic E-state index is 12.9. The number of amides is 2. The average Bonchev–Trinajstić information content (AvgIpc) is 3.20. The van der Waals surface area contributed by atoms with Gasteiger partial charge in [0.25, 0.3) is 5.91 Å². The molecule has 1 aliphatic rings. The van der Waals surface area contributed by atoms with Crippen molar-refractivity contribution in [1.82, 2.24) is 14.5 Å². The summed E-state index contributed by atoms with van der Waals surface area (Å²) >= 11 is 0. The second-order valence-electron chi connectivity index (χ2n) is 6.93. The van der Waals surface area contributed by atoms with E-state index in [1.54, 1.807) is 40.1 Å². The first kappa shape index (κ1) is 22.2. The molecule has 0 unspecified atom stereocenters. The molecule has 2 rings (SSSR count). The van der Waals surface area contributed by atoms with Crippen LogP contribution in [0.1, 0.15) is 37.0 Å². The van der Waals surface area contributed by atoms with E-state index >= 15 is 0 Å². The van der Waals surface area contributed by atoms with Gasteiger partial charge in [-0.25, -0.2) is 8.42 Å². The third kappa shape index (κ3) is 4.82. The van der Waals surface area contributed by atoms with Crippen LogP contribution in [0.3, 0.4) is 0 Å². The number of benzene rings is 1.